The molecule has 36 heavy (non-hydrogen) atoms. The van der Waals surface area contributed by atoms with Crippen LogP contribution in [0.2, 0.25) is 0 Å². The number of nitrogen functional groups attached to an aromatic ring is 1. The summed E-state index contributed by atoms with van der Waals surface area (Å²) in [6, 6.07) is -0.602. The Balaban J connectivity index is 1.98. The van der Waals surface area contributed by atoms with Gasteiger partial charge in [-0.3, -0.25) is 19.3 Å². The van der Waals surface area contributed by atoms with Gasteiger partial charge in [-0.25, -0.2) is 0 Å². The number of phenols is 1. The number of nitrogens with two attached hydrogens (primary N) is 2. The molecule has 2 unspecified atom stereocenters. The number of halogens is 3. The highest BCUT2D eigenvalue weighted by molar-refractivity contribution is 6.24. The number of nitrogens with zero attached hydrogens (tertiary/aromatic N) is 1. The molecule has 3 aliphatic rings. The summed E-state index contributed by atoms with van der Waals surface area (Å²) in [7, 11) is 2.84. The number of aliphatic hydroxyl groups is 3. The Morgan fingerprint density at radius 2 is 1.83 bits per heavy atom. The average molecular weight is 513 g/mol. The second-order valence-electron chi connectivity index (χ2n) is 9.18. The van der Waals surface area contributed by atoms with E-state index in [4.69, 9.17) is 11.5 Å². The van der Waals surface area contributed by atoms with E-state index in [9.17, 15) is 48.0 Å². The van der Waals surface area contributed by atoms with E-state index in [0.717, 1.165) is 6.07 Å². The van der Waals surface area contributed by atoms with Crippen LogP contribution in [0.3, 0.4) is 0 Å². The predicted octanol–water partition coefficient (Wildman–Crippen LogP) is 0.445. The summed E-state index contributed by atoms with van der Waals surface area (Å²) >= 11 is 0. The van der Waals surface area contributed by atoms with Gasteiger partial charge in [-0.2, -0.15) is 0 Å². The fourth-order valence-corrected chi connectivity index (χ4v) is 5.51. The molecule has 0 spiro atoms. The highest BCUT2D eigenvalue weighted by Gasteiger charge is 2.64. The number of hydrogen-bond donors (Lipinski definition) is 6. The number of hydrogen-bond acceptors (Lipinski definition) is 10. The Morgan fingerprint density at radius 3 is 2.36 bits per heavy atom. The van der Waals surface area contributed by atoms with Gasteiger partial charge < -0.3 is 36.6 Å². The molecule has 0 bridgehead atoms. The van der Waals surface area contributed by atoms with E-state index >= 15 is 0 Å². The van der Waals surface area contributed by atoms with Crippen molar-refractivity contribution < 1.29 is 52.7 Å². The van der Waals surface area contributed by atoms with Crippen LogP contribution in [-0.2, 0) is 20.8 Å². The van der Waals surface area contributed by atoms with Crippen LogP contribution >= 0.6 is 0 Å². The minimum Gasteiger partial charge on any atom is -0.508 e. The number of ketones is 2. The number of benzene rings is 1. The fourth-order valence-electron chi connectivity index (χ4n) is 5.51. The van der Waals surface area contributed by atoms with E-state index in [1.54, 1.807) is 0 Å². The van der Waals surface area contributed by atoms with Crippen molar-refractivity contribution in [3.05, 3.63) is 34.1 Å². The van der Waals surface area contributed by atoms with Crippen molar-refractivity contribution in [1.82, 2.24) is 4.90 Å². The average Bonchev–Trinajstić information content (AvgIpc) is 2.72. The SMILES string of the molecule is CN(C)C1C(=O)C(C(N)=O)=C(O)[C@@]2(O)C(=O)C3=C(O)c4c(O)c(N)cc(OC(F)(F)F)c4C[C@H]3CC12. The number of phenolic OH excluding ortho intramolecular Hbond substituents is 1. The van der Waals surface area contributed by atoms with Gasteiger partial charge in [-0.15, -0.1) is 13.2 Å². The third-order valence-corrected chi connectivity index (χ3v) is 6.94. The minimum absolute atomic E-state index is 0.289. The van der Waals surface area contributed by atoms with Crippen molar-refractivity contribution in [2.24, 2.45) is 17.6 Å². The molecule has 1 saturated carbocycles. The number of alkyl halides is 3. The van der Waals surface area contributed by atoms with Crippen molar-refractivity contribution in [2.75, 3.05) is 19.8 Å². The van der Waals surface area contributed by atoms with Gasteiger partial charge in [0.05, 0.1) is 17.3 Å². The van der Waals surface area contributed by atoms with E-state index in [1.807, 2.05) is 0 Å². The number of aliphatic hydroxyl groups excluding tert-OH is 2. The van der Waals surface area contributed by atoms with Gasteiger partial charge in [0.15, 0.2) is 11.4 Å². The molecule has 0 saturated heterocycles. The Hall–Kier alpha value is -3.78. The van der Waals surface area contributed by atoms with Crippen molar-refractivity contribution in [3.8, 4) is 11.5 Å². The standard InChI is InChI=1S/C22H22F3N3O8/c1-28(2)14-8-4-6-3-7-10(36-22(23,24)25)5-9(26)15(29)12(7)16(30)11(6)18(32)21(8,35)19(33)13(17(14)31)20(27)34/h5-6,8,14,29-30,33,35H,3-4,26H2,1-2H3,(H2,27,34)/t6-,8?,14?,21-/m0/s1. The van der Waals surface area contributed by atoms with Crippen LogP contribution in [0, 0.1) is 11.8 Å². The summed E-state index contributed by atoms with van der Waals surface area (Å²) in [5.41, 5.74) is 4.95. The van der Waals surface area contributed by atoms with Crippen LogP contribution < -0.4 is 16.2 Å². The van der Waals surface area contributed by atoms with Crippen molar-refractivity contribution >= 4 is 28.9 Å². The molecule has 1 amide bonds. The molecule has 4 rings (SSSR count). The van der Waals surface area contributed by atoms with Crippen LogP contribution in [0.4, 0.5) is 18.9 Å². The molecule has 11 nitrogen and oxygen atoms in total. The third kappa shape index (κ3) is 3.39. The lowest BCUT2D eigenvalue weighted by Crippen LogP contribution is -2.65. The molecule has 4 atom stereocenters. The zero-order valence-corrected chi connectivity index (χ0v) is 18.9. The Labute approximate surface area is 201 Å². The first-order valence-corrected chi connectivity index (χ1v) is 10.6. The lowest BCUT2D eigenvalue weighted by atomic mass is 9.57. The van der Waals surface area contributed by atoms with Crippen molar-refractivity contribution in [1.29, 1.82) is 0 Å². The quantitative estimate of drug-likeness (QED) is 0.187. The van der Waals surface area contributed by atoms with Gasteiger partial charge in [0.2, 0.25) is 5.78 Å². The third-order valence-electron chi connectivity index (χ3n) is 6.94. The number of likely N-dealkylation sites (N-methyl/N-ethyl adjacent to an activating group) is 1. The van der Waals surface area contributed by atoms with Crippen LogP contribution in [0.5, 0.6) is 11.5 Å². The molecular formula is C22H22F3N3O8. The Bertz CT molecular complexity index is 1290. The van der Waals surface area contributed by atoms with E-state index in [1.165, 1.54) is 19.0 Å². The van der Waals surface area contributed by atoms with Gasteiger partial charge in [0.1, 0.15) is 28.6 Å². The monoisotopic (exact) mass is 513 g/mol. The zero-order chi connectivity index (χ0) is 27.1. The molecule has 1 fully saturated rings. The Morgan fingerprint density at radius 1 is 1.22 bits per heavy atom. The topological polar surface area (TPSA) is 197 Å². The molecule has 194 valence electrons. The van der Waals surface area contributed by atoms with Crippen molar-refractivity contribution in [2.45, 2.75) is 30.8 Å². The number of carbonyl (C=O) groups is 3. The lowest BCUT2D eigenvalue weighted by Gasteiger charge is -2.50. The number of carbonyl (C=O) groups excluding carboxylic acids is 3. The van der Waals surface area contributed by atoms with Crippen molar-refractivity contribution in [3.63, 3.8) is 0 Å². The predicted molar refractivity (Wildman–Crippen MR) is 115 cm³/mol. The molecule has 8 N–H and O–H groups in total. The van der Waals surface area contributed by atoms with Gasteiger partial charge in [-0.1, -0.05) is 0 Å². The van der Waals surface area contributed by atoms with E-state index in [2.05, 4.69) is 4.74 Å². The minimum atomic E-state index is -5.15. The first-order chi connectivity index (χ1) is 16.5. The lowest BCUT2D eigenvalue weighted by molar-refractivity contribution is -0.275. The highest BCUT2D eigenvalue weighted by atomic mass is 19.4. The maximum Gasteiger partial charge on any atom is 0.573 e. The van der Waals surface area contributed by atoms with Gasteiger partial charge in [-0.05, 0) is 32.9 Å². The molecule has 0 radical (unpaired) electrons. The summed E-state index contributed by atoms with van der Waals surface area (Å²) in [4.78, 5) is 39.9. The number of Topliss-reactive ketones (excluding diaryl/α,β-unsaturated/α-hetero) is 2. The molecule has 0 heterocycles. The number of ether oxygens (including phenoxy) is 1. The highest BCUT2D eigenvalue weighted by Crippen LogP contribution is 2.54. The molecule has 14 heteroatoms. The molecule has 1 aromatic rings. The van der Waals surface area contributed by atoms with Crippen LogP contribution in [0.1, 0.15) is 17.5 Å². The normalized spacial score (nSPS) is 28.1. The maximum atomic E-state index is 13.6. The summed E-state index contributed by atoms with van der Waals surface area (Å²) in [5, 5.41) is 43.6. The van der Waals surface area contributed by atoms with Crippen LogP contribution in [0.15, 0.2) is 23.0 Å². The van der Waals surface area contributed by atoms with Gasteiger partial charge in [0, 0.05) is 23.1 Å². The summed E-state index contributed by atoms with van der Waals surface area (Å²) < 4.78 is 43.1. The summed E-state index contributed by atoms with van der Waals surface area (Å²) in [6.07, 6.45) is -5.82. The largest absolute Gasteiger partial charge is 0.573 e. The molecular weight excluding hydrogens is 491 g/mol. The number of rotatable bonds is 3. The van der Waals surface area contributed by atoms with Gasteiger partial charge in [0.25, 0.3) is 5.91 Å². The molecule has 0 aromatic heterocycles. The van der Waals surface area contributed by atoms with Crippen LogP contribution in [-0.4, -0.2) is 74.9 Å². The van der Waals surface area contributed by atoms with E-state index in [0.29, 0.717) is 0 Å². The second-order valence-corrected chi connectivity index (χ2v) is 9.18. The first-order valence-electron chi connectivity index (χ1n) is 10.6. The smallest absolute Gasteiger partial charge is 0.508 e. The van der Waals surface area contributed by atoms with Crippen LogP contribution in [0.25, 0.3) is 5.76 Å². The summed E-state index contributed by atoms with van der Waals surface area (Å²) in [5.74, 6) is -9.98. The maximum absolute atomic E-state index is 13.6. The molecule has 3 aliphatic carbocycles. The first kappa shape index (κ1) is 25.3. The Kier molecular flexibility index (Phi) is 5.53. The number of amides is 1. The summed E-state index contributed by atoms with van der Waals surface area (Å²) in [6.45, 7) is 0. The second kappa shape index (κ2) is 7.86. The number of aromatic hydroxyl groups is 1. The van der Waals surface area contributed by atoms with Gasteiger partial charge >= 0.3 is 6.36 Å². The number of anilines is 1. The zero-order valence-electron chi connectivity index (χ0n) is 18.9. The van der Waals surface area contributed by atoms with E-state index in [-0.39, 0.29) is 18.4 Å². The van der Waals surface area contributed by atoms with E-state index < -0.39 is 92.7 Å². The molecule has 1 aromatic carbocycles. The molecule has 0 aliphatic heterocycles. The number of primary amides is 1. The number of fused-ring (bicyclic) bond motifs is 3. The fraction of sp³-hybridized carbons (Fsp3) is 0.409.